The van der Waals surface area contributed by atoms with Crippen LogP contribution in [0, 0.1) is 6.92 Å². The van der Waals surface area contributed by atoms with Crippen molar-refractivity contribution in [2.75, 3.05) is 13.2 Å². The zero-order chi connectivity index (χ0) is 17.8. The summed E-state index contributed by atoms with van der Waals surface area (Å²) in [6.45, 7) is 10.6. The molecular weight excluding hydrogens is 316 g/mol. The Morgan fingerprint density at radius 2 is 2.12 bits per heavy atom. The molecule has 1 aliphatic rings. The van der Waals surface area contributed by atoms with Gasteiger partial charge in [0.15, 0.2) is 17.3 Å². The minimum atomic E-state index is 0.128. The summed E-state index contributed by atoms with van der Waals surface area (Å²) in [5.41, 5.74) is 2.17. The molecule has 0 spiro atoms. The first-order chi connectivity index (χ1) is 12.1. The van der Waals surface area contributed by atoms with E-state index in [0.717, 1.165) is 42.5 Å². The van der Waals surface area contributed by atoms with Crippen LogP contribution < -0.4 is 9.47 Å². The van der Waals surface area contributed by atoms with Crippen LogP contribution in [0.3, 0.4) is 0 Å². The van der Waals surface area contributed by atoms with Crippen LogP contribution in [0.4, 0.5) is 0 Å². The van der Waals surface area contributed by atoms with Gasteiger partial charge in [-0.05, 0) is 64.8 Å². The van der Waals surface area contributed by atoms with Gasteiger partial charge < -0.3 is 14.0 Å². The molecule has 1 fully saturated rings. The summed E-state index contributed by atoms with van der Waals surface area (Å²) >= 11 is 0. The van der Waals surface area contributed by atoms with Crippen molar-refractivity contribution in [1.29, 1.82) is 0 Å². The lowest BCUT2D eigenvalue weighted by atomic mass is 10.1. The van der Waals surface area contributed by atoms with Gasteiger partial charge in [-0.15, -0.1) is 0 Å². The van der Waals surface area contributed by atoms with E-state index >= 15 is 0 Å². The maximum absolute atomic E-state index is 5.85. The molecule has 0 radical (unpaired) electrons. The molecule has 1 atom stereocenters. The van der Waals surface area contributed by atoms with E-state index in [-0.39, 0.29) is 6.10 Å². The van der Waals surface area contributed by atoms with Gasteiger partial charge in [-0.2, -0.15) is 0 Å². The monoisotopic (exact) mass is 344 g/mol. The first-order valence-corrected chi connectivity index (χ1v) is 9.16. The molecular formula is C20H28N2O3. The maximum Gasteiger partial charge on any atom is 0.161 e. The largest absolute Gasteiger partial charge is 0.490 e. The summed E-state index contributed by atoms with van der Waals surface area (Å²) in [5.74, 6) is 2.60. The molecule has 0 aliphatic carbocycles. The number of ether oxygens (including phenoxy) is 2. The van der Waals surface area contributed by atoms with Crippen molar-refractivity contribution in [2.45, 2.75) is 59.2 Å². The molecule has 3 rings (SSSR count). The number of benzene rings is 1. The highest BCUT2D eigenvalue weighted by Gasteiger charge is 2.29. The minimum Gasteiger partial charge on any atom is -0.490 e. The molecule has 0 N–H and O–H groups in total. The Labute approximate surface area is 149 Å². The Morgan fingerprint density at radius 3 is 2.80 bits per heavy atom. The van der Waals surface area contributed by atoms with Gasteiger partial charge in [0.05, 0.1) is 24.4 Å². The second-order valence-corrected chi connectivity index (χ2v) is 6.88. The van der Waals surface area contributed by atoms with Gasteiger partial charge in [0.1, 0.15) is 0 Å². The molecule has 1 aromatic carbocycles. The molecule has 1 unspecified atom stereocenters. The van der Waals surface area contributed by atoms with Gasteiger partial charge in [-0.25, -0.2) is 0 Å². The lowest BCUT2D eigenvalue weighted by molar-refractivity contribution is 0.205. The number of aryl methyl sites for hydroxylation is 1. The van der Waals surface area contributed by atoms with Crippen LogP contribution in [0.25, 0.3) is 0 Å². The molecule has 0 amide bonds. The topological polar surface area (TPSA) is 47.7 Å². The summed E-state index contributed by atoms with van der Waals surface area (Å²) < 4.78 is 17.1. The Balaban J connectivity index is 1.76. The summed E-state index contributed by atoms with van der Waals surface area (Å²) in [6, 6.07) is 8.60. The average molecular weight is 344 g/mol. The van der Waals surface area contributed by atoms with Crippen molar-refractivity contribution in [3.63, 3.8) is 0 Å². The van der Waals surface area contributed by atoms with Crippen LogP contribution in [0.5, 0.6) is 11.5 Å². The summed E-state index contributed by atoms with van der Waals surface area (Å²) in [7, 11) is 0. The number of aromatic nitrogens is 1. The normalized spacial score (nSPS) is 18.0. The van der Waals surface area contributed by atoms with Gasteiger partial charge >= 0.3 is 0 Å². The highest BCUT2D eigenvalue weighted by molar-refractivity contribution is 5.43. The quantitative estimate of drug-likeness (QED) is 0.740. The van der Waals surface area contributed by atoms with Gasteiger partial charge in [0.2, 0.25) is 0 Å². The Kier molecular flexibility index (Phi) is 5.63. The van der Waals surface area contributed by atoms with Gasteiger partial charge in [-0.3, -0.25) is 4.90 Å². The SMILES string of the molecule is CCOc1cc(CN2CCCC2c2cc(C)no2)ccc1OC(C)C. The number of hydrogen-bond donors (Lipinski definition) is 0. The summed E-state index contributed by atoms with van der Waals surface area (Å²) in [6.07, 6.45) is 2.42. The standard InChI is InChI=1S/C20H28N2O3/c1-5-23-20-12-16(8-9-18(20)24-14(2)3)13-22-10-6-7-17(22)19-11-15(4)21-25-19/h8-9,11-12,14,17H,5-7,10,13H2,1-4H3. The van der Waals surface area contributed by atoms with Crippen molar-refractivity contribution in [3.8, 4) is 11.5 Å². The van der Waals surface area contributed by atoms with Crippen LogP contribution in [-0.4, -0.2) is 29.3 Å². The van der Waals surface area contributed by atoms with Gasteiger partial charge in [0.25, 0.3) is 0 Å². The lowest BCUT2D eigenvalue weighted by Gasteiger charge is -2.23. The molecule has 25 heavy (non-hydrogen) atoms. The first kappa shape index (κ1) is 17.8. The van der Waals surface area contributed by atoms with Crippen LogP contribution >= 0.6 is 0 Å². The van der Waals surface area contributed by atoms with Gasteiger partial charge in [0, 0.05) is 12.6 Å². The fraction of sp³-hybridized carbons (Fsp3) is 0.550. The Morgan fingerprint density at radius 1 is 1.28 bits per heavy atom. The van der Waals surface area contributed by atoms with Crippen LogP contribution in [0.15, 0.2) is 28.8 Å². The molecule has 2 heterocycles. The zero-order valence-electron chi connectivity index (χ0n) is 15.6. The maximum atomic E-state index is 5.85. The van der Waals surface area contributed by atoms with Crippen molar-refractivity contribution in [3.05, 3.63) is 41.3 Å². The van der Waals surface area contributed by atoms with Gasteiger partial charge in [-0.1, -0.05) is 11.2 Å². The van der Waals surface area contributed by atoms with E-state index in [4.69, 9.17) is 14.0 Å². The predicted molar refractivity (Wildman–Crippen MR) is 97.0 cm³/mol. The van der Waals surface area contributed by atoms with Crippen molar-refractivity contribution >= 4 is 0 Å². The van der Waals surface area contributed by atoms with Crippen molar-refractivity contribution < 1.29 is 14.0 Å². The number of hydrogen-bond acceptors (Lipinski definition) is 5. The molecule has 1 aromatic heterocycles. The van der Waals surface area contributed by atoms with Crippen LogP contribution in [-0.2, 0) is 6.54 Å². The van der Waals surface area contributed by atoms with E-state index in [2.05, 4.69) is 22.2 Å². The zero-order valence-corrected chi connectivity index (χ0v) is 15.6. The van der Waals surface area contributed by atoms with E-state index < -0.39 is 0 Å². The number of rotatable bonds is 7. The smallest absolute Gasteiger partial charge is 0.161 e. The molecule has 0 saturated carbocycles. The third-order valence-electron chi connectivity index (χ3n) is 4.39. The lowest BCUT2D eigenvalue weighted by Crippen LogP contribution is -2.22. The number of likely N-dealkylation sites (tertiary alicyclic amines) is 1. The molecule has 1 aliphatic heterocycles. The molecule has 2 aromatic rings. The second kappa shape index (κ2) is 7.91. The van der Waals surface area contributed by atoms with E-state index in [9.17, 15) is 0 Å². The van der Waals surface area contributed by atoms with E-state index in [1.165, 1.54) is 12.0 Å². The third kappa shape index (κ3) is 4.34. The van der Waals surface area contributed by atoms with E-state index in [0.29, 0.717) is 12.6 Å². The van der Waals surface area contributed by atoms with Crippen LogP contribution in [0.1, 0.15) is 56.7 Å². The van der Waals surface area contributed by atoms with E-state index in [1.54, 1.807) is 0 Å². The molecule has 5 nitrogen and oxygen atoms in total. The second-order valence-electron chi connectivity index (χ2n) is 6.88. The molecule has 0 bridgehead atoms. The predicted octanol–water partition coefficient (Wildman–Crippen LogP) is 4.51. The highest BCUT2D eigenvalue weighted by atomic mass is 16.5. The van der Waals surface area contributed by atoms with Crippen LogP contribution in [0.2, 0.25) is 0 Å². The third-order valence-corrected chi connectivity index (χ3v) is 4.39. The fourth-order valence-corrected chi connectivity index (χ4v) is 3.38. The average Bonchev–Trinajstić information content (AvgIpc) is 3.18. The number of nitrogens with zero attached hydrogens (tertiary/aromatic N) is 2. The minimum absolute atomic E-state index is 0.128. The Bertz CT molecular complexity index is 696. The van der Waals surface area contributed by atoms with Crippen molar-refractivity contribution in [2.24, 2.45) is 0 Å². The molecule has 1 saturated heterocycles. The van der Waals surface area contributed by atoms with Crippen molar-refractivity contribution in [1.82, 2.24) is 10.1 Å². The summed E-state index contributed by atoms with van der Waals surface area (Å²) in [4.78, 5) is 2.45. The molecule has 136 valence electrons. The highest BCUT2D eigenvalue weighted by Crippen LogP contribution is 2.35. The fourth-order valence-electron chi connectivity index (χ4n) is 3.38. The Hall–Kier alpha value is -2.01. The van der Waals surface area contributed by atoms with E-state index in [1.807, 2.05) is 39.8 Å². The first-order valence-electron chi connectivity index (χ1n) is 9.16. The molecule has 5 heteroatoms. The summed E-state index contributed by atoms with van der Waals surface area (Å²) in [5, 5.41) is 4.04.